The molecule has 0 radical (unpaired) electrons. The number of hydrogen-bond donors (Lipinski definition) is 0. The van der Waals surface area contributed by atoms with Crippen LogP contribution in [0.1, 0.15) is 43.2 Å². The topological polar surface area (TPSA) is 56.3 Å². The van der Waals surface area contributed by atoms with E-state index in [0.29, 0.717) is 16.0 Å². The highest BCUT2D eigenvalue weighted by Gasteiger charge is 2.47. The van der Waals surface area contributed by atoms with Crippen LogP contribution in [0, 0.1) is 11.8 Å². The van der Waals surface area contributed by atoms with Gasteiger partial charge >= 0.3 is 0 Å². The van der Waals surface area contributed by atoms with Crippen molar-refractivity contribution in [3.05, 3.63) is 52.5 Å². The van der Waals surface area contributed by atoms with Crippen molar-refractivity contribution >= 4 is 44.7 Å². The van der Waals surface area contributed by atoms with Gasteiger partial charge in [-0.15, -0.1) is 0 Å². The molecule has 1 heterocycles. The van der Waals surface area contributed by atoms with Gasteiger partial charge in [-0.2, -0.15) is 0 Å². The van der Waals surface area contributed by atoms with Gasteiger partial charge in [-0.05, 0) is 67.1 Å². The van der Waals surface area contributed by atoms with Crippen LogP contribution in [0.25, 0.3) is 10.2 Å². The lowest BCUT2D eigenvalue weighted by atomic mass is 9.74. The molecule has 6 heteroatoms. The van der Waals surface area contributed by atoms with Crippen LogP contribution < -0.4 is 4.74 Å². The van der Waals surface area contributed by atoms with Gasteiger partial charge < -0.3 is 4.74 Å². The van der Waals surface area contributed by atoms with E-state index in [1.54, 1.807) is 6.07 Å². The van der Waals surface area contributed by atoms with Crippen molar-refractivity contribution in [3.8, 4) is 10.9 Å². The fourth-order valence-electron chi connectivity index (χ4n) is 4.67. The van der Waals surface area contributed by atoms with E-state index in [1.165, 1.54) is 11.3 Å². The number of ketones is 2. The zero-order chi connectivity index (χ0) is 20.1. The minimum atomic E-state index is -0.645. The minimum absolute atomic E-state index is 0.0333. The Balaban J connectivity index is 1.50. The Morgan fingerprint density at radius 3 is 2.59 bits per heavy atom. The predicted octanol–water partition coefficient (Wildman–Crippen LogP) is 5.96. The highest BCUT2D eigenvalue weighted by atomic mass is 35.5. The summed E-state index contributed by atoms with van der Waals surface area (Å²) in [5.74, 6) is 0.197. The van der Waals surface area contributed by atoms with E-state index in [2.05, 4.69) is 4.98 Å². The predicted molar refractivity (Wildman–Crippen MR) is 114 cm³/mol. The largest absolute Gasteiger partial charge is 0.431 e. The SMILES string of the molecule is CCc1ccc(Oc2nc3cc(Cl)ccc3s2)cc1C1C(=O)[C@@H]2CC[C@@H](C2)C1=O. The van der Waals surface area contributed by atoms with Gasteiger partial charge in [0.25, 0.3) is 5.19 Å². The summed E-state index contributed by atoms with van der Waals surface area (Å²) in [6.07, 6.45) is 3.19. The second-order valence-electron chi connectivity index (χ2n) is 7.85. The number of thiazole rings is 1. The van der Waals surface area contributed by atoms with Crippen molar-refractivity contribution < 1.29 is 14.3 Å². The fraction of sp³-hybridized carbons (Fsp3) is 0.348. The quantitative estimate of drug-likeness (QED) is 0.484. The third-order valence-corrected chi connectivity index (χ3v) is 7.30. The van der Waals surface area contributed by atoms with Crippen molar-refractivity contribution in [3.63, 3.8) is 0 Å². The number of aryl methyl sites for hydroxylation is 1. The van der Waals surface area contributed by atoms with Gasteiger partial charge in [0.15, 0.2) is 11.6 Å². The average molecular weight is 426 g/mol. The molecule has 0 saturated heterocycles. The molecule has 1 aromatic heterocycles. The van der Waals surface area contributed by atoms with Crippen LogP contribution in [-0.2, 0) is 16.0 Å². The van der Waals surface area contributed by atoms with Crippen LogP contribution in [-0.4, -0.2) is 16.6 Å². The maximum Gasteiger partial charge on any atom is 0.279 e. The summed E-state index contributed by atoms with van der Waals surface area (Å²) < 4.78 is 7.01. The van der Waals surface area contributed by atoms with E-state index < -0.39 is 5.92 Å². The maximum atomic E-state index is 13.0. The first-order valence-electron chi connectivity index (χ1n) is 9.97. The van der Waals surface area contributed by atoms with Crippen molar-refractivity contribution in [1.82, 2.24) is 4.98 Å². The second kappa shape index (κ2) is 7.22. The Bertz CT molecular complexity index is 1120. The normalized spacial score (nSPS) is 23.7. The number of nitrogens with zero attached hydrogens (tertiary/aromatic N) is 1. The van der Waals surface area contributed by atoms with E-state index in [1.807, 2.05) is 37.3 Å². The Kier molecular flexibility index (Phi) is 4.67. The summed E-state index contributed by atoms with van der Waals surface area (Å²) in [5.41, 5.74) is 2.62. The molecule has 2 bridgehead atoms. The van der Waals surface area contributed by atoms with Crippen LogP contribution >= 0.6 is 22.9 Å². The average Bonchev–Trinajstić information content (AvgIpc) is 3.32. The number of fused-ring (bicyclic) bond motifs is 3. The number of hydrogen-bond acceptors (Lipinski definition) is 5. The smallest absolute Gasteiger partial charge is 0.279 e. The monoisotopic (exact) mass is 425 g/mol. The van der Waals surface area contributed by atoms with E-state index in [0.717, 1.165) is 47.0 Å². The van der Waals surface area contributed by atoms with E-state index >= 15 is 0 Å². The minimum Gasteiger partial charge on any atom is -0.431 e. The van der Waals surface area contributed by atoms with Gasteiger partial charge in [0, 0.05) is 16.9 Å². The molecule has 148 valence electrons. The molecule has 29 heavy (non-hydrogen) atoms. The van der Waals surface area contributed by atoms with Crippen molar-refractivity contribution in [2.24, 2.45) is 11.8 Å². The van der Waals surface area contributed by atoms with Crippen molar-refractivity contribution in [2.75, 3.05) is 0 Å². The van der Waals surface area contributed by atoms with Crippen LogP contribution in [0.5, 0.6) is 10.9 Å². The highest BCUT2D eigenvalue weighted by molar-refractivity contribution is 7.20. The molecule has 2 aliphatic carbocycles. The number of benzene rings is 2. The molecular formula is C23H20ClNO3S. The maximum absolute atomic E-state index is 13.0. The zero-order valence-electron chi connectivity index (χ0n) is 16.0. The summed E-state index contributed by atoms with van der Waals surface area (Å²) in [5, 5.41) is 1.15. The lowest BCUT2D eigenvalue weighted by Crippen LogP contribution is -2.35. The van der Waals surface area contributed by atoms with E-state index in [4.69, 9.17) is 16.3 Å². The van der Waals surface area contributed by atoms with Crippen molar-refractivity contribution in [1.29, 1.82) is 0 Å². The number of aromatic nitrogens is 1. The first-order valence-corrected chi connectivity index (χ1v) is 11.2. The first-order chi connectivity index (χ1) is 14.0. The summed E-state index contributed by atoms with van der Waals surface area (Å²) in [7, 11) is 0. The Morgan fingerprint density at radius 2 is 1.86 bits per heavy atom. The fourth-order valence-corrected chi connectivity index (χ4v) is 5.65. The molecule has 1 unspecified atom stereocenters. The summed E-state index contributed by atoms with van der Waals surface area (Å²) in [6.45, 7) is 2.04. The summed E-state index contributed by atoms with van der Waals surface area (Å²) >= 11 is 7.48. The number of carbonyl (C=O) groups is 2. The zero-order valence-corrected chi connectivity index (χ0v) is 17.6. The summed E-state index contributed by atoms with van der Waals surface area (Å²) in [6, 6.07) is 11.3. The van der Waals surface area contributed by atoms with Crippen molar-refractivity contribution in [2.45, 2.75) is 38.5 Å². The third-order valence-electron chi connectivity index (χ3n) is 6.15. The lowest BCUT2D eigenvalue weighted by Gasteiger charge is -2.27. The number of carbonyl (C=O) groups excluding carboxylic acids is 2. The molecule has 2 saturated carbocycles. The Labute approximate surface area is 177 Å². The van der Waals surface area contributed by atoms with Crippen LogP contribution in [0.4, 0.5) is 0 Å². The molecular weight excluding hydrogens is 406 g/mol. The lowest BCUT2D eigenvalue weighted by molar-refractivity contribution is -0.135. The Morgan fingerprint density at radius 1 is 1.10 bits per heavy atom. The molecule has 2 fully saturated rings. The standard InChI is InChI=1S/C23H20ClNO3S/c1-2-12-5-7-16(28-23-25-18-10-15(24)6-8-19(18)29-23)11-17(12)20-21(26)13-3-4-14(9-13)22(20)27/h5-8,10-11,13-14,20H,2-4,9H2,1H3/t13-,14+,20?. The molecule has 2 aromatic carbocycles. The molecule has 0 amide bonds. The molecule has 0 aliphatic heterocycles. The number of Topliss-reactive ketones (excluding diaryl/α,β-unsaturated/α-hetero) is 2. The molecule has 4 nitrogen and oxygen atoms in total. The van der Waals surface area contributed by atoms with Gasteiger partial charge in [-0.1, -0.05) is 35.9 Å². The summed E-state index contributed by atoms with van der Waals surface area (Å²) in [4.78, 5) is 30.5. The van der Waals surface area contributed by atoms with E-state index in [9.17, 15) is 9.59 Å². The van der Waals surface area contributed by atoms with Gasteiger partial charge in [-0.3, -0.25) is 9.59 Å². The van der Waals surface area contributed by atoms with Crippen LogP contribution in [0.3, 0.4) is 0 Å². The molecule has 3 aromatic rings. The Hall–Kier alpha value is -2.24. The van der Waals surface area contributed by atoms with Crippen LogP contribution in [0.15, 0.2) is 36.4 Å². The van der Waals surface area contributed by atoms with Gasteiger partial charge in [0.05, 0.1) is 10.2 Å². The number of ether oxygens (including phenoxy) is 1. The first kappa shape index (κ1) is 18.8. The van der Waals surface area contributed by atoms with Crippen LogP contribution in [0.2, 0.25) is 5.02 Å². The number of rotatable bonds is 4. The molecule has 5 rings (SSSR count). The van der Waals surface area contributed by atoms with E-state index in [-0.39, 0.29) is 23.4 Å². The molecule has 3 atom stereocenters. The second-order valence-corrected chi connectivity index (χ2v) is 9.28. The molecule has 0 N–H and O–H groups in total. The van der Waals surface area contributed by atoms with Gasteiger partial charge in [0.1, 0.15) is 11.7 Å². The molecule has 2 aliphatic rings. The molecule has 0 spiro atoms. The van der Waals surface area contributed by atoms with Gasteiger partial charge in [-0.25, -0.2) is 4.98 Å². The number of halogens is 1. The highest BCUT2D eigenvalue weighted by Crippen LogP contribution is 2.45. The van der Waals surface area contributed by atoms with Gasteiger partial charge in [0.2, 0.25) is 0 Å². The third kappa shape index (κ3) is 3.26.